The molecule has 6 amide bonds. The fourth-order valence-corrected chi connectivity index (χ4v) is 2.81. The smallest absolute Gasteiger partial charge is 0.321 e. The molecule has 0 aromatic heterocycles. The summed E-state index contributed by atoms with van der Waals surface area (Å²) in [5.41, 5.74) is 0. The van der Waals surface area contributed by atoms with E-state index in [1.165, 1.54) is 21.6 Å². The van der Waals surface area contributed by atoms with Crippen molar-refractivity contribution in [2.24, 2.45) is 0 Å². The Kier molecular flexibility index (Phi) is 12.4. The third kappa shape index (κ3) is 12.3. The molecule has 0 aromatic carbocycles. The van der Waals surface area contributed by atoms with E-state index in [0.29, 0.717) is 18.8 Å². The number of imide groups is 2. The summed E-state index contributed by atoms with van der Waals surface area (Å²) >= 11 is 0. The van der Waals surface area contributed by atoms with Gasteiger partial charge in [0.1, 0.15) is 0 Å². The minimum atomic E-state index is -0.525. The minimum Gasteiger partial charge on any atom is -0.338 e. The Balaban J connectivity index is 3.53. The Morgan fingerprint density at radius 1 is 0.818 bits per heavy atom. The van der Waals surface area contributed by atoms with Crippen molar-refractivity contribution in [3.05, 3.63) is 0 Å². The number of carbonyl (C=O) groups excluding carboxylic acids is 4. The second kappa shape index (κ2) is 13.3. The second-order valence-electron chi connectivity index (χ2n) is 4.05. The number of hydrogen-bond donors (Lipinski definition) is 4. The number of urea groups is 2. The Labute approximate surface area is 137 Å². The highest BCUT2D eigenvalue weighted by Crippen LogP contribution is 2.19. The maximum Gasteiger partial charge on any atom is 0.321 e. The van der Waals surface area contributed by atoms with Gasteiger partial charge in [-0.3, -0.25) is 20.2 Å². The molecule has 0 spiro atoms. The molecule has 0 aromatic rings. The standard InChI is InChI=1S/C12H22N4O4S2/c1-3-5-13-11(19)16-10(18)8-22-21-7-6-14-12(20)15-9(17)4-2/h3-8H2,1-2H3,(H2,13,16,18,19)(H2,14,15,17,20). The molecule has 0 aliphatic heterocycles. The lowest BCUT2D eigenvalue weighted by Gasteiger charge is -2.06. The molecule has 0 aliphatic carbocycles. The summed E-state index contributed by atoms with van der Waals surface area (Å²) in [7, 11) is 2.67. The van der Waals surface area contributed by atoms with Gasteiger partial charge in [0.15, 0.2) is 0 Å². The minimum absolute atomic E-state index is 0.144. The van der Waals surface area contributed by atoms with Gasteiger partial charge in [-0.15, -0.1) is 0 Å². The van der Waals surface area contributed by atoms with Gasteiger partial charge >= 0.3 is 12.1 Å². The summed E-state index contributed by atoms with van der Waals surface area (Å²) in [6.45, 7) is 4.47. The van der Waals surface area contributed by atoms with E-state index >= 15 is 0 Å². The molecule has 126 valence electrons. The highest BCUT2D eigenvalue weighted by Gasteiger charge is 2.07. The van der Waals surface area contributed by atoms with Crippen LogP contribution >= 0.6 is 21.6 Å². The lowest BCUT2D eigenvalue weighted by Crippen LogP contribution is -2.40. The lowest BCUT2D eigenvalue weighted by atomic mass is 10.5. The van der Waals surface area contributed by atoms with E-state index in [9.17, 15) is 19.2 Å². The summed E-state index contributed by atoms with van der Waals surface area (Å²) < 4.78 is 0. The number of carbonyl (C=O) groups is 4. The largest absolute Gasteiger partial charge is 0.338 e. The molecule has 0 saturated carbocycles. The quantitative estimate of drug-likeness (QED) is 0.362. The van der Waals surface area contributed by atoms with Crippen LogP contribution in [0.1, 0.15) is 26.7 Å². The van der Waals surface area contributed by atoms with E-state index in [4.69, 9.17) is 0 Å². The first-order valence-electron chi connectivity index (χ1n) is 6.89. The average molecular weight is 350 g/mol. The van der Waals surface area contributed by atoms with Crippen LogP contribution in [0.25, 0.3) is 0 Å². The molecule has 0 atom stereocenters. The van der Waals surface area contributed by atoms with Crippen LogP contribution in [0, 0.1) is 0 Å². The molecule has 10 heteroatoms. The third-order valence-electron chi connectivity index (χ3n) is 2.11. The monoisotopic (exact) mass is 350 g/mol. The molecule has 0 bridgehead atoms. The maximum atomic E-state index is 11.4. The van der Waals surface area contributed by atoms with Gasteiger partial charge in [-0.05, 0) is 6.42 Å². The van der Waals surface area contributed by atoms with Crippen molar-refractivity contribution in [1.82, 2.24) is 21.3 Å². The van der Waals surface area contributed by atoms with Crippen molar-refractivity contribution in [3.8, 4) is 0 Å². The fourth-order valence-electron chi connectivity index (χ4n) is 1.06. The Hall–Kier alpha value is -1.42. The normalized spacial score (nSPS) is 9.73. The molecule has 0 aliphatic rings. The fraction of sp³-hybridized carbons (Fsp3) is 0.667. The van der Waals surface area contributed by atoms with Gasteiger partial charge < -0.3 is 10.6 Å². The predicted molar refractivity (Wildman–Crippen MR) is 88.6 cm³/mol. The number of rotatable bonds is 9. The lowest BCUT2D eigenvalue weighted by molar-refractivity contribution is -0.120. The van der Waals surface area contributed by atoms with Gasteiger partial charge in [0.25, 0.3) is 0 Å². The molecular weight excluding hydrogens is 328 g/mol. The predicted octanol–water partition coefficient (Wildman–Crippen LogP) is 0.839. The van der Waals surface area contributed by atoms with Crippen molar-refractivity contribution in [1.29, 1.82) is 0 Å². The van der Waals surface area contributed by atoms with Crippen LogP contribution in [0.4, 0.5) is 9.59 Å². The van der Waals surface area contributed by atoms with Gasteiger partial charge in [0.05, 0.1) is 5.75 Å². The SMILES string of the molecule is CCCNC(=O)NC(=O)CSSCCNC(=O)NC(=O)CC. The van der Waals surface area contributed by atoms with Crippen molar-refractivity contribution < 1.29 is 19.2 Å². The topological polar surface area (TPSA) is 116 Å². The molecular formula is C12H22N4O4S2. The molecule has 0 saturated heterocycles. The van der Waals surface area contributed by atoms with E-state index in [0.717, 1.165) is 6.42 Å². The van der Waals surface area contributed by atoms with Crippen molar-refractivity contribution >= 4 is 45.5 Å². The summed E-state index contributed by atoms with van der Waals surface area (Å²) in [5, 5.41) is 9.43. The molecule has 0 rings (SSSR count). The van der Waals surface area contributed by atoms with E-state index in [1.54, 1.807) is 6.92 Å². The second-order valence-corrected chi connectivity index (χ2v) is 6.63. The van der Waals surface area contributed by atoms with E-state index in [-0.39, 0.29) is 24.0 Å². The average Bonchev–Trinajstić information content (AvgIpc) is 2.48. The zero-order valence-electron chi connectivity index (χ0n) is 12.7. The van der Waals surface area contributed by atoms with Crippen LogP contribution in [-0.2, 0) is 9.59 Å². The zero-order chi connectivity index (χ0) is 16.8. The highest BCUT2D eigenvalue weighted by molar-refractivity contribution is 8.76. The van der Waals surface area contributed by atoms with E-state index in [2.05, 4.69) is 21.3 Å². The van der Waals surface area contributed by atoms with Gasteiger partial charge in [0, 0.05) is 25.3 Å². The highest BCUT2D eigenvalue weighted by atomic mass is 33.1. The summed E-state index contributed by atoms with van der Waals surface area (Å²) in [6, 6.07) is -1.01. The molecule has 8 nitrogen and oxygen atoms in total. The first kappa shape index (κ1) is 20.6. The molecule has 0 radical (unpaired) electrons. The first-order chi connectivity index (χ1) is 10.5. The van der Waals surface area contributed by atoms with E-state index < -0.39 is 12.1 Å². The van der Waals surface area contributed by atoms with Crippen LogP contribution in [0.2, 0.25) is 0 Å². The molecule has 4 N–H and O–H groups in total. The van der Waals surface area contributed by atoms with Crippen molar-refractivity contribution in [2.75, 3.05) is 24.6 Å². The molecule has 0 unspecified atom stereocenters. The number of nitrogens with one attached hydrogen (secondary N) is 4. The van der Waals surface area contributed by atoms with Crippen LogP contribution in [0.5, 0.6) is 0 Å². The molecule has 22 heavy (non-hydrogen) atoms. The molecule has 0 heterocycles. The van der Waals surface area contributed by atoms with Crippen LogP contribution in [0.15, 0.2) is 0 Å². The van der Waals surface area contributed by atoms with Gasteiger partial charge in [-0.1, -0.05) is 35.4 Å². The number of hydrogen-bond acceptors (Lipinski definition) is 6. The van der Waals surface area contributed by atoms with Crippen molar-refractivity contribution in [3.63, 3.8) is 0 Å². The number of amides is 6. The Morgan fingerprint density at radius 2 is 1.41 bits per heavy atom. The third-order valence-corrected chi connectivity index (χ3v) is 4.38. The Morgan fingerprint density at radius 3 is 2.00 bits per heavy atom. The van der Waals surface area contributed by atoms with Crippen LogP contribution < -0.4 is 21.3 Å². The van der Waals surface area contributed by atoms with Gasteiger partial charge in [-0.2, -0.15) is 0 Å². The van der Waals surface area contributed by atoms with Crippen LogP contribution in [-0.4, -0.2) is 48.5 Å². The maximum absolute atomic E-state index is 11.4. The van der Waals surface area contributed by atoms with Gasteiger partial charge in [0.2, 0.25) is 11.8 Å². The van der Waals surface area contributed by atoms with Gasteiger partial charge in [-0.25, -0.2) is 9.59 Å². The van der Waals surface area contributed by atoms with Crippen LogP contribution in [0.3, 0.4) is 0 Å². The Bertz CT molecular complexity index is 393. The first-order valence-corrected chi connectivity index (χ1v) is 9.38. The van der Waals surface area contributed by atoms with Crippen molar-refractivity contribution in [2.45, 2.75) is 26.7 Å². The summed E-state index contributed by atoms with van der Waals surface area (Å²) in [6.07, 6.45) is 1.05. The molecule has 0 fully saturated rings. The zero-order valence-corrected chi connectivity index (χ0v) is 14.3. The van der Waals surface area contributed by atoms with E-state index in [1.807, 2.05) is 6.92 Å². The summed E-state index contributed by atoms with van der Waals surface area (Å²) in [4.78, 5) is 44.7. The summed E-state index contributed by atoms with van der Waals surface area (Å²) in [5.74, 6) is 0.0150.